The molecule has 0 amide bonds. The summed E-state index contributed by atoms with van der Waals surface area (Å²) in [6.45, 7) is 3.39. The highest BCUT2D eigenvalue weighted by Gasteiger charge is 2.32. The summed E-state index contributed by atoms with van der Waals surface area (Å²) in [5.41, 5.74) is 4.91. The molecule has 3 N–H and O–H groups in total. The summed E-state index contributed by atoms with van der Waals surface area (Å²) in [6, 6.07) is 0. The molecule has 3 atom stereocenters. The zero-order valence-electron chi connectivity index (χ0n) is 11.7. The summed E-state index contributed by atoms with van der Waals surface area (Å²) in [7, 11) is -4.66. The highest BCUT2D eigenvalue weighted by atomic mass is 32.2. The van der Waals surface area contributed by atoms with Crippen LogP contribution in [0, 0.1) is 0 Å². The van der Waals surface area contributed by atoms with Gasteiger partial charge in [-0.3, -0.25) is 8.94 Å². The van der Waals surface area contributed by atoms with E-state index in [1.54, 1.807) is 6.08 Å². The van der Waals surface area contributed by atoms with Gasteiger partial charge in [-0.15, -0.1) is 6.58 Å². The number of nitrogens with two attached hydrogens (primary N) is 1. The molecule has 0 aliphatic heterocycles. The quantitative estimate of drug-likeness (QED) is 0.278. The first-order valence-corrected chi connectivity index (χ1v) is 8.04. The number of alkyl halides is 4. The molecule has 0 rings (SSSR count). The van der Waals surface area contributed by atoms with E-state index in [4.69, 9.17) is 10.3 Å². The Hall–Kier alpha value is -0.670. The first-order chi connectivity index (χ1) is 9.69. The summed E-state index contributed by atoms with van der Waals surface area (Å²) in [4.78, 5) is 0. The summed E-state index contributed by atoms with van der Waals surface area (Å²) >= 11 is 0. The second-order valence-corrected chi connectivity index (χ2v) is 5.78. The van der Waals surface area contributed by atoms with Crippen molar-refractivity contribution in [2.24, 2.45) is 5.73 Å². The van der Waals surface area contributed by atoms with Crippen molar-refractivity contribution >= 4 is 10.1 Å². The third kappa shape index (κ3) is 15.5. The second-order valence-electron chi connectivity index (χ2n) is 4.29. The van der Waals surface area contributed by atoms with Crippen LogP contribution in [0.2, 0.25) is 0 Å². The number of hydrogen-bond donors (Lipinski definition) is 2. The van der Waals surface area contributed by atoms with Crippen molar-refractivity contribution in [1.29, 1.82) is 0 Å². The third-order valence-electron chi connectivity index (χ3n) is 2.34. The average Bonchev–Trinajstić information content (AvgIpc) is 2.40. The van der Waals surface area contributed by atoms with Crippen molar-refractivity contribution in [3.63, 3.8) is 0 Å². The second kappa shape index (κ2) is 13.0. The van der Waals surface area contributed by atoms with Crippen molar-refractivity contribution in [3.8, 4) is 0 Å². The van der Waals surface area contributed by atoms with Gasteiger partial charge in [-0.25, -0.2) is 13.2 Å². The van der Waals surface area contributed by atoms with Crippen LogP contribution < -0.4 is 5.73 Å². The maximum absolute atomic E-state index is 13.1. The molecule has 0 saturated carbocycles. The lowest BCUT2D eigenvalue weighted by Gasteiger charge is -2.16. The van der Waals surface area contributed by atoms with Crippen molar-refractivity contribution in [2.45, 2.75) is 44.2 Å². The molecule has 0 aliphatic rings. The number of halogens is 4. The van der Waals surface area contributed by atoms with Gasteiger partial charge in [0.2, 0.25) is 0 Å². The van der Waals surface area contributed by atoms with Crippen molar-refractivity contribution in [3.05, 3.63) is 12.7 Å². The van der Waals surface area contributed by atoms with Crippen molar-refractivity contribution in [2.75, 3.05) is 19.0 Å². The van der Waals surface area contributed by atoms with Crippen LogP contribution in [0.3, 0.4) is 0 Å². The molecule has 0 bridgehead atoms. The van der Waals surface area contributed by atoms with Crippen LogP contribution in [0.1, 0.15) is 25.7 Å². The zero-order valence-corrected chi connectivity index (χ0v) is 12.5. The molecule has 0 aromatic carbocycles. The van der Waals surface area contributed by atoms with Crippen LogP contribution >= 0.6 is 0 Å². The van der Waals surface area contributed by atoms with Gasteiger partial charge in [0.05, 0.1) is 6.67 Å². The Morgan fingerprint density at radius 2 is 1.67 bits per heavy atom. The molecule has 128 valence electrons. The Kier molecular flexibility index (Phi) is 14.0. The van der Waals surface area contributed by atoms with Crippen LogP contribution in [0.4, 0.5) is 17.6 Å². The Bertz CT molecular complexity index is 354. The molecule has 0 fully saturated rings. The molecular weight excluding hydrogens is 314 g/mol. The molecule has 0 saturated heterocycles. The van der Waals surface area contributed by atoms with Gasteiger partial charge in [0.15, 0.2) is 12.3 Å². The fourth-order valence-electron chi connectivity index (χ4n) is 1.29. The molecule has 4 nitrogen and oxygen atoms in total. The molecule has 0 aromatic rings. The molecule has 0 spiro atoms. The monoisotopic (exact) mass is 337 g/mol. The smallest absolute Gasteiger partial charge is 0.267 e. The fraction of sp³-hybridized carbons (Fsp3) is 0.833. The Morgan fingerprint density at radius 1 is 1.14 bits per heavy atom. The number of hydrogen-bond acceptors (Lipinski definition) is 3. The predicted octanol–water partition coefficient (Wildman–Crippen LogP) is 2.55. The molecule has 3 unspecified atom stereocenters. The SMILES string of the molecule is C=CCN.O=S(=O)(O)CC(F)C(F)C(F)CCCCCF. The van der Waals surface area contributed by atoms with Gasteiger partial charge in [0.1, 0.15) is 11.9 Å². The van der Waals surface area contributed by atoms with E-state index in [9.17, 15) is 26.0 Å². The van der Waals surface area contributed by atoms with Crippen molar-refractivity contribution < 1.29 is 30.5 Å². The zero-order chi connectivity index (χ0) is 16.9. The molecule has 21 heavy (non-hydrogen) atoms. The van der Waals surface area contributed by atoms with Gasteiger partial charge in [-0.1, -0.05) is 18.9 Å². The highest BCUT2D eigenvalue weighted by Crippen LogP contribution is 2.19. The van der Waals surface area contributed by atoms with E-state index in [1.807, 2.05) is 0 Å². The lowest BCUT2D eigenvalue weighted by Crippen LogP contribution is -2.33. The summed E-state index contributed by atoms with van der Waals surface area (Å²) < 4.78 is 79.4. The minimum atomic E-state index is -4.66. The van der Waals surface area contributed by atoms with Crippen LogP contribution in [-0.4, -0.2) is 50.5 Å². The molecule has 9 heteroatoms. The van der Waals surface area contributed by atoms with Gasteiger partial charge >= 0.3 is 0 Å². The Balaban J connectivity index is 0. The fourth-order valence-corrected chi connectivity index (χ4v) is 1.88. The van der Waals surface area contributed by atoms with Crippen LogP contribution in [0.5, 0.6) is 0 Å². The summed E-state index contributed by atoms with van der Waals surface area (Å²) in [5, 5.41) is 0. The first kappa shape index (κ1) is 22.6. The standard InChI is InChI=1S/C9H16F4O3S.C3H7N/c10-5-3-1-2-4-7(11)9(13)8(12)6-17(14,15)16;1-2-3-4/h7-9H,1-6H2,(H,14,15,16);2H,1,3-4H2. The number of rotatable bonds is 10. The van der Waals surface area contributed by atoms with E-state index in [2.05, 4.69) is 6.58 Å². The highest BCUT2D eigenvalue weighted by molar-refractivity contribution is 7.85. The summed E-state index contributed by atoms with van der Waals surface area (Å²) in [5.74, 6) is -1.46. The minimum absolute atomic E-state index is 0.199. The van der Waals surface area contributed by atoms with Crippen LogP contribution in [0.25, 0.3) is 0 Å². The average molecular weight is 337 g/mol. The summed E-state index contributed by atoms with van der Waals surface area (Å²) in [6.07, 6.45) is -5.20. The molecule has 0 aromatic heterocycles. The first-order valence-electron chi connectivity index (χ1n) is 6.43. The maximum atomic E-state index is 13.1. The van der Waals surface area contributed by atoms with Gasteiger partial charge in [0.25, 0.3) is 10.1 Å². The number of unbranched alkanes of at least 4 members (excludes halogenated alkanes) is 2. The van der Waals surface area contributed by atoms with Gasteiger partial charge in [-0.2, -0.15) is 8.42 Å². The molecule has 0 aliphatic carbocycles. The van der Waals surface area contributed by atoms with Gasteiger partial charge in [-0.05, 0) is 12.8 Å². The topological polar surface area (TPSA) is 80.4 Å². The predicted molar refractivity (Wildman–Crippen MR) is 74.8 cm³/mol. The van der Waals surface area contributed by atoms with Crippen molar-refractivity contribution in [1.82, 2.24) is 0 Å². The molecule has 0 radical (unpaired) electrons. The van der Waals surface area contributed by atoms with E-state index in [0.29, 0.717) is 13.0 Å². The van der Waals surface area contributed by atoms with E-state index >= 15 is 0 Å². The van der Waals surface area contributed by atoms with Crippen LogP contribution in [-0.2, 0) is 10.1 Å². The maximum Gasteiger partial charge on any atom is 0.267 e. The lowest BCUT2D eigenvalue weighted by atomic mass is 10.1. The van der Waals surface area contributed by atoms with Gasteiger partial charge < -0.3 is 5.73 Å². The van der Waals surface area contributed by atoms with Crippen LogP contribution in [0.15, 0.2) is 12.7 Å². The normalized spacial score (nSPS) is 15.5. The largest absolute Gasteiger partial charge is 0.327 e. The Morgan fingerprint density at radius 3 is 2.05 bits per heavy atom. The lowest BCUT2D eigenvalue weighted by molar-refractivity contribution is 0.0853. The Labute approximate surface area is 123 Å². The van der Waals surface area contributed by atoms with E-state index in [-0.39, 0.29) is 19.3 Å². The third-order valence-corrected chi connectivity index (χ3v) is 3.08. The molecular formula is C12H23F4NO3S. The molecule has 0 heterocycles. The van der Waals surface area contributed by atoms with E-state index in [1.165, 1.54) is 0 Å². The van der Waals surface area contributed by atoms with E-state index < -0.39 is 41.1 Å². The van der Waals surface area contributed by atoms with Gasteiger partial charge in [0, 0.05) is 6.54 Å². The van der Waals surface area contributed by atoms with E-state index in [0.717, 1.165) is 0 Å². The minimum Gasteiger partial charge on any atom is -0.327 e.